The minimum atomic E-state index is -3.64. The van der Waals surface area contributed by atoms with E-state index in [1.54, 1.807) is 0 Å². The topological polar surface area (TPSA) is 109 Å². The Morgan fingerprint density at radius 1 is 0.812 bits per heavy atom. The summed E-state index contributed by atoms with van der Waals surface area (Å²) < 4.78 is 56.5. The third kappa shape index (κ3) is 36.0. The molecule has 0 saturated heterocycles. The van der Waals surface area contributed by atoms with Crippen LogP contribution in [0.3, 0.4) is 0 Å². The maximum atomic E-state index is 9.81. The summed E-state index contributed by atoms with van der Waals surface area (Å²) in [5.74, 6) is -0.140. The van der Waals surface area contributed by atoms with Gasteiger partial charge in [-0.3, -0.25) is 0 Å². The fourth-order valence-corrected chi connectivity index (χ4v) is 4.64. The summed E-state index contributed by atoms with van der Waals surface area (Å²) in [7, 11) is -7.28. The third-order valence-corrected chi connectivity index (χ3v) is 5.22. The SMILES string of the molecule is O=S(=O)(O)C[CH2][Na].O=S(=O)(O)C[CH2][Na].SS. The van der Waals surface area contributed by atoms with Crippen molar-refractivity contribution in [3.63, 3.8) is 0 Å². The molecule has 0 aromatic heterocycles. The van der Waals surface area contributed by atoms with E-state index in [2.05, 4.69) is 23.3 Å². The first-order valence-corrected chi connectivity index (χ1v) is 11.9. The zero-order chi connectivity index (χ0) is 13.8. The van der Waals surface area contributed by atoms with E-state index in [0.717, 1.165) is 55.9 Å². The molecule has 0 spiro atoms. The Labute approximate surface area is 142 Å². The average molecular weight is 330 g/mol. The van der Waals surface area contributed by atoms with Crippen LogP contribution in [0.15, 0.2) is 0 Å². The van der Waals surface area contributed by atoms with Crippen molar-refractivity contribution in [1.29, 1.82) is 0 Å². The van der Waals surface area contributed by atoms with E-state index in [0.29, 0.717) is 7.34 Å². The molecule has 0 amide bonds. The maximum absolute atomic E-state index is 9.81. The van der Waals surface area contributed by atoms with E-state index in [1.807, 2.05) is 0 Å². The molecule has 6 nitrogen and oxygen atoms in total. The van der Waals surface area contributed by atoms with E-state index < -0.39 is 20.2 Å². The van der Waals surface area contributed by atoms with Crippen LogP contribution in [0.4, 0.5) is 0 Å². The molecule has 0 unspecified atom stereocenters. The van der Waals surface area contributed by atoms with Crippen LogP contribution in [-0.2, 0) is 20.2 Å². The van der Waals surface area contributed by atoms with Gasteiger partial charge < -0.3 is 0 Å². The van der Waals surface area contributed by atoms with Gasteiger partial charge in [0.15, 0.2) is 0 Å². The van der Waals surface area contributed by atoms with Crippen molar-refractivity contribution < 1.29 is 25.9 Å². The zero-order valence-corrected chi connectivity index (χ0v) is 16.5. The van der Waals surface area contributed by atoms with Crippen molar-refractivity contribution in [1.82, 2.24) is 0 Å². The quantitative estimate of drug-likeness (QED) is 0.244. The van der Waals surface area contributed by atoms with Crippen LogP contribution in [0, 0.1) is 0 Å². The molecule has 0 aliphatic carbocycles. The molecular formula is C4H12Na2O6S4. The number of hydrogen-bond donors (Lipinski definition) is 4. The Morgan fingerprint density at radius 2 is 1.00 bits per heavy atom. The Kier molecular flexibility index (Phi) is 20.6. The molecular weight excluding hydrogens is 318 g/mol. The standard InChI is InChI=1S/2C2H5O3S.2Na.H2S2/c2*1-2-6(3,4)5;;;1-2/h2*1-2H2,(H,3,4,5);;;1-2H. The first-order valence-electron chi connectivity index (χ1n) is 4.22. The number of hydrogen-bond acceptors (Lipinski definition) is 6. The Balaban J connectivity index is -0.000000183. The molecule has 0 heterocycles. The first-order chi connectivity index (χ1) is 7.12. The van der Waals surface area contributed by atoms with Gasteiger partial charge in [-0.15, -0.1) is 23.3 Å². The Bertz CT molecular complexity index is 290. The minimum absolute atomic E-state index is 0.0702. The second-order valence-corrected chi connectivity index (χ2v) is 7.72. The van der Waals surface area contributed by atoms with Gasteiger partial charge in [0.25, 0.3) is 0 Å². The molecule has 0 bridgehead atoms. The minimum Gasteiger partial charge on any atom is -0.115 e. The summed E-state index contributed by atoms with van der Waals surface area (Å²) in [4.78, 5) is 0. The molecule has 0 atom stereocenters. The summed E-state index contributed by atoms with van der Waals surface area (Å²) in [6, 6.07) is 0. The molecule has 16 heavy (non-hydrogen) atoms. The number of rotatable bonds is 4. The van der Waals surface area contributed by atoms with Gasteiger partial charge in [-0.05, 0) is 0 Å². The zero-order valence-electron chi connectivity index (χ0n) is 9.07. The largest absolute Gasteiger partial charge is 0.115 e. The van der Waals surface area contributed by atoms with Gasteiger partial charge in [0.2, 0.25) is 0 Å². The molecule has 0 radical (unpaired) electrons. The van der Waals surface area contributed by atoms with Gasteiger partial charge in [0, 0.05) is 0 Å². The Morgan fingerprint density at radius 3 is 1.00 bits per heavy atom. The molecule has 0 rings (SSSR count). The van der Waals surface area contributed by atoms with Crippen LogP contribution < -0.4 is 0 Å². The van der Waals surface area contributed by atoms with Crippen molar-refractivity contribution in [2.45, 2.75) is 7.34 Å². The van der Waals surface area contributed by atoms with E-state index in [9.17, 15) is 16.8 Å². The van der Waals surface area contributed by atoms with Crippen LogP contribution in [0.25, 0.3) is 0 Å². The molecule has 0 aliphatic heterocycles. The summed E-state index contributed by atoms with van der Waals surface area (Å²) in [5.41, 5.74) is 0. The molecule has 12 heteroatoms. The van der Waals surface area contributed by atoms with Gasteiger partial charge in [-0.1, -0.05) is 0 Å². The monoisotopic (exact) mass is 330 g/mol. The van der Waals surface area contributed by atoms with Crippen molar-refractivity contribution in [2.24, 2.45) is 0 Å². The molecule has 2 N–H and O–H groups in total. The fourth-order valence-electron chi connectivity index (χ4n) is 0.516. The molecule has 0 saturated carbocycles. The summed E-state index contributed by atoms with van der Waals surface area (Å²) in [6.45, 7) is 0. The normalized spacial score (nSPS) is 10.8. The average Bonchev–Trinajstić information content (AvgIpc) is 2.04. The van der Waals surface area contributed by atoms with Gasteiger partial charge in [-0.2, -0.15) is 0 Å². The van der Waals surface area contributed by atoms with Crippen molar-refractivity contribution in [2.75, 3.05) is 11.5 Å². The van der Waals surface area contributed by atoms with Gasteiger partial charge in [0.1, 0.15) is 0 Å². The van der Waals surface area contributed by atoms with E-state index >= 15 is 0 Å². The summed E-state index contributed by atoms with van der Waals surface area (Å²) in [6.07, 6.45) is 0. The van der Waals surface area contributed by atoms with E-state index in [4.69, 9.17) is 9.11 Å². The summed E-state index contributed by atoms with van der Waals surface area (Å²) in [5, 5.41) is 0. The van der Waals surface area contributed by atoms with Crippen molar-refractivity contribution in [3.8, 4) is 0 Å². The second-order valence-electron chi connectivity index (χ2n) is 2.57. The van der Waals surface area contributed by atoms with Crippen LogP contribution in [0.5, 0.6) is 0 Å². The predicted molar refractivity (Wildman–Crippen MR) is 71.9 cm³/mol. The fraction of sp³-hybridized carbons (Fsp3) is 1.00. The summed E-state index contributed by atoms with van der Waals surface area (Å²) >= 11 is 8.11. The first kappa shape index (κ1) is 23.6. The van der Waals surface area contributed by atoms with Crippen molar-refractivity contribution in [3.05, 3.63) is 0 Å². The van der Waals surface area contributed by atoms with Crippen LogP contribution >= 0.6 is 23.3 Å². The van der Waals surface area contributed by atoms with Crippen LogP contribution in [-0.4, -0.2) is 93.3 Å². The molecule has 0 fully saturated rings. The van der Waals surface area contributed by atoms with E-state index in [1.165, 1.54) is 0 Å². The second kappa shape index (κ2) is 13.9. The van der Waals surface area contributed by atoms with Crippen LogP contribution in [0.1, 0.15) is 0 Å². The van der Waals surface area contributed by atoms with Gasteiger partial charge in [-0.25, -0.2) is 0 Å². The van der Waals surface area contributed by atoms with E-state index in [-0.39, 0.29) is 11.5 Å². The molecule has 0 aromatic rings. The van der Waals surface area contributed by atoms with Crippen molar-refractivity contribution >= 4 is 99.4 Å². The molecule has 90 valence electrons. The van der Waals surface area contributed by atoms with Crippen LogP contribution in [0.2, 0.25) is 7.34 Å². The predicted octanol–water partition coefficient (Wildman–Crippen LogP) is -0.317. The van der Waals surface area contributed by atoms with Gasteiger partial charge in [0.05, 0.1) is 0 Å². The molecule has 0 aromatic carbocycles. The van der Waals surface area contributed by atoms with Gasteiger partial charge >= 0.3 is 121 Å². The maximum Gasteiger partial charge on any atom is -0.115 e. The smallest absolute Gasteiger partial charge is 0.115 e. The number of thiol groups is 2. The molecule has 0 aliphatic rings. The Hall–Kier alpha value is 2.52. The third-order valence-electron chi connectivity index (χ3n) is 0.924.